The first kappa shape index (κ1) is 17.0. The number of benzene rings is 1. The van der Waals surface area contributed by atoms with Crippen LogP contribution in [0.2, 0.25) is 5.02 Å². The van der Waals surface area contributed by atoms with E-state index in [1.54, 1.807) is 10.6 Å². The Bertz CT molecular complexity index is 985. The van der Waals surface area contributed by atoms with E-state index in [-0.39, 0.29) is 23.2 Å². The first-order chi connectivity index (χ1) is 13.0. The molecular formula is C19H20ClFN4O2. The van der Waals surface area contributed by atoms with E-state index in [1.807, 2.05) is 4.90 Å². The molecule has 1 saturated carbocycles. The van der Waals surface area contributed by atoms with Gasteiger partial charge in [-0.15, -0.1) is 0 Å². The minimum atomic E-state index is -0.494. The van der Waals surface area contributed by atoms with Crippen molar-refractivity contribution in [1.29, 1.82) is 0 Å². The molecule has 1 saturated heterocycles. The van der Waals surface area contributed by atoms with Crippen LogP contribution in [0.15, 0.2) is 23.0 Å². The molecule has 3 aliphatic rings. The lowest BCUT2D eigenvalue weighted by molar-refractivity contribution is -0.135. The number of nitrogens with zero attached hydrogens (tertiary/aromatic N) is 4. The summed E-state index contributed by atoms with van der Waals surface area (Å²) in [6.45, 7) is 1.01. The van der Waals surface area contributed by atoms with Crippen LogP contribution in [0.25, 0.3) is 0 Å². The van der Waals surface area contributed by atoms with Crippen molar-refractivity contribution in [1.82, 2.24) is 19.2 Å². The maximum absolute atomic E-state index is 13.4. The second-order valence-electron chi connectivity index (χ2n) is 7.77. The molecule has 1 amide bonds. The molecule has 2 aromatic rings. The third-order valence-corrected chi connectivity index (χ3v) is 6.33. The van der Waals surface area contributed by atoms with E-state index < -0.39 is 11.9 Å². The Morgan fingerprint density at radius 1 is 1.33 bits per heavy atom. The van der Waals surface area contributed by atoms with Crippen LogP contribution in [0.4, 0.5) is 4.39 Å². The number of carbonyl (C=O) groups excluding carboxylic acids is 1. The average molecular weight is 391 g/mol. The smallest absolute Gasteiger partial charge is 0.338 e. The number of fused-ring (bicyclic) bond motifs is 2. The zero-order chi connectivity index (χ0) is 18.7. The Labute approximate surface area is 160 Å². The van der Waals surface area contributed by atoms with Crippen molar-refractivity contribution in [2.45, 2.75) is 50.7 Å². The molecule has 5 rings (SSSR count). The Balaban J connectivity index is 1.45. The highest BCUT2D eigenvalue weighted by molar-refractivity contribution is 6.30. The first-order valence-electron chi connectivity index (χ1n) is 9.45. The SMILES string of the molecule is O=C([C@@H]1CCCc2nn(Cc3ccc(F)c(Cl)c3)c(=O)n21)N1CC[C@@H]2C[C@@H]21. The molecular weight excluding hydrogens is 371 g/mol. The average Bonchev–Trinajstić information content (AvgIpc) is 3.20. The molecule has 1 aromatic carbocycles. The zero-order valence-corrected chi connectivity index (χ0v) is 15.5. The van der Waals surface area contributed by atoms with Crippen molar-refractivity contribution < 1.29 is 9.18 Å². The molecule has 1 aliphatic carbocycles. The van der Waals surface area contributed by atoms with Crippen LogP contribution < -0.4 is 5.69 Å². The van der Waals surface area contributed by atoms with E-state index in [4.69, 9.17) is 11.6 Å². The minimum Gasteiger partial charge on any atom is -0.338 e. The summed E-state index contributed by atoms with van der Waals surface area (Å²) in [5.74, 6) is 0.892. The quantitative estimate of drug-likeness (QED) is 0.808. The maximum atomic E-state index is 13.4. The van der Waals surface area contributed by atoms with Gasteiger partial charge in [-0.3, -0.25) is 9.36 Å². The standard InChI is InChI=1S/C19H20ClFN4O2/c20-13-8-11(4-5-14(13)21)10-24-19(27)25-15(2-1-3-17(25)22-24)18(26)23-7-6-12-9-16(12)23/h4-5,8,12,15-16H,1-3,6-7,9-10H2/t12-,15+,16+/m1/s1. The second kappa shape index (κ2) is 6.19. The predicted octanol–water partition coefficient (Wildman–Crippen LogP) is 2.38. The fourth-order valence-corrected chi connectivity index (χ4v) is 4.74. The van der Waals surface area contributed by atoms with Crippen LogP contribution in [0.1, 0.15) is 43.1 Å². The largest absolute Gasteiger partial charge is 0.346 e. The molecule has 1 aromatic heterocycles. The fraction of sp³-hybridized carbons (Fsp3) is 0.526. The monoisotopic (exact) mass is 390 g/mol. The summed E-state index contributed by atoms with van der Waals surface area (Å²) in [6, 6.07) is 4.30. The molecule has 27 heavy (non-hydrogen) atoms. The van der Waals surface area contributed by atoms with Crippen LogP contribution in [-0.2, 0) is 17.8 Å². The second-order valence-corrected chi connectivity index (χ2v) is 8.17. The fourth-order valence-electron chi connectivity index (χ4n) is 4.54. The summed E-state index contributed by atoms with van der Waals surface area (Å²) >= 11 is 5.84. The van der Waals surface area contributed by atoms with E-state index >= 15 is 0 Å². The normalized spacial score (nSPS) is 26.0. The van der Waals surface area contributed by atoms with Gasteiger partial charge in [-0.2, -0.15) is 5.10 Å². The van der Waals surface area contributed by atoms with Gasteiger partial charge >= 0.3 is 5.69 Å². The zero-order valence-electron chi connectivity index (χ0n) is 14.8. The molecule has 0 spiro atoms. The van der Waals surface area contributed by atoms with Crippen LogP contribution in [-0.4, -0.2) is 37.7 Å². The van der Waals surface area contributed by atoms with E-state index in [0.29, 0.717) is 36.2 Å². The topological polar surface area (TPSA) is 60.1 Å². The maximum Gasteiger partial charge on any atom is 0.346 e. The number of aryl methyl sites for hydroxylation is 1. The number of amides is 1. The third kappa shape index (κ3) is 2.79. The highest BCUT2D eigenvalue weighted by atomic mass is 35.5. The molecule has 0 N–H and O–H groups in total. The Hall–Kier alpha value is -2.15. The first-order valence-corrected chi connectivity index (χ1v) is 9.83. The van der Waals surface area contributed by atoms with Crippen molar-refractivity contribution >= 4 is 17.5 Å². The summed E-state index contributed by atoms with van der Waals surface area (Å²) < 4.78 is 16.3. The summed E-state index contributed by atoms with van der Waals surface area (Å²) in [6.07, 6.45) is 4.38. The summed E-state index contributed by atoms with van der Waals surface area (Å²) in [5, 5.41) is 4.47. The van der Waals surface area contributed by atoms with Gasteiger partial charge < -0.3 is 4.90 Å². The highest BCUT2D eigenvalue weighted by Crippen LogP contribution is 2.45. The van der Waals surface area contributed by atoms with E-state index in [2.05, 4.69) is 5.10 Å². The van der Waals surface area contributed by atoms with Crippen LogP contribution in [0.5, 0.6) is 0 Å². The number of hydrogen-bond acceptors (Lipinski definition) is 3. The third-order valence-electron chi connectivity index (χ3n) is 6.04. The number of halogens is 2. The van der Waals surface area contributed by atoms with Crippen molar-refractivity contribution in [2.24, 2.45) is 5.92 Å². The van der Waals surface area contributed by atoms with Crippen molar-refractivity contribution in [2.75, 3.05) is 6.54 Å². The summed E-state index contributed by atoms with van der Waals surface area (Å²) in [7, 11) is 0. The molecule has 6 nitrogen and oxygen atoms in total. The molecule has 0 radical (unpaired) electrons. The van der Waals surface area contributed by atoms with E-state index in [1.165, 1.54) is 16.8 Å². The lowest BCUT2D eigenvalue weighted by Crippen LogP contribution is -2.42. The number of aromatic nitrogens is 3. The van der Waals surface area contributed by atoms with Gasteiger partial charge in [-0.25, -0.2) is 13.9 Å². The van der Waals surface area contributed by atoms with Gasteiger partial charge in [0.25, 0.3) is 0 Å². The molecule has 142 valence electrons. The Kier molecular flexibility index (Phi) is 3.89. The molecule has 3 heterocycles. The highest BCUT2D eigenvalue weighted by Gasteiger charge is 2.50. The molecule has 3 atom stereocenters. The van der Waals surface area contributed by atoms with Crippen molar-refractivity contribution in [3.05, 3.63) is 50.9 Å². The lowest BCUT2D eigenvalue weighted by Gasteiger charge is -2.28. The number of carbonyl (C=O) groups is 1. The van der Waals surface area contributed by atoms with Gasteiger partial charge in [-0.1, -0.05) is 17.7 Å². The van der Waals surface area contributed by atoms with Crippen LogP contribution in [0, 0.1) is 11.7 Å². The van der Waals surface area contributed by atoms with Gasteiger partial charge in [-0.05, 0) is 49.3 Å². The van der Waals surface area contributed by atoms with Gasteiger partial charge in [0, 0.05) is 19.0 Å². The predicted molar refractivity (Wildman–Crippen MR) is 97.2 cm³/mol. The Morgan fingerprint density at radius 3 is 2.89 bits per heavy atom. The molecule has 0 unspecified atom stereocenters. The number of piperidine rings is 1. The summed E-state index contributed by atoms with van der Waals surface area (Å²) in [4.78, 5) is 28.0. The molecule has 0 bridgehead atoms. The molecule has 8 heteroatoms. The van der Waals surface area contributed by atoms with E-state index in [9.17, 15) is 14.0 Å². The number of likely N-dealkylation sites (tertiary alicyclic amines) is 1. The van der Waals surface area contributed by atoms with Gasteiger partial charge in [0.2, 0.25) is 5.91 Å². The van der Waals surface area contributed by atoms with Crippen LogP contribution >= 0.6 is 11.6 Å². The van der Waals surface area contributed by atoms with Crippen molar-refractivity contribution in [3.8, 4) is 0 Å². The van der Waals surface area contributed by atoms with Gasteiger partial charge in [0.05, 0.1) is 11.6 Å². The molecule has 2 aliphatic heterocycles. The summed E-state index contributed by atoms with van der Waals surface area (Å²) in [5.41, 5.74) is 0.414. The van der Waals surface area contributed by atoms with E-state index in [0.717, 1.165) is 25.8 Å². The lowest BCUT2D eigenvalue weighted by atomic mass is 10.0. The van der Waals surface area contributed by atoms with Crippen LogP contribution in [0.3, 0.4) is 0 Å². The Morgan fingerprint density at radius 2 is 2.19 bits per heavy atom. The van der Waals surface area contributed by atoms with Crippen molar-refractivity contribution in [3.63, 3.8) is 0 Å². The van der Waals surface area contributed by atoms with Gasteiger partial charge in [0.1, 0.15) is 17.7 Å². The minimum absolute atomic E-state index is 0.0191. The number of rotatable bonds is 3. The van der Waals surface area contributed by atoms with Gasteiger partial charge in [0.15, 0.2) is 0 Å². The number of hydrogen-bond donors (Lipinski definition) is 0. The molecule has 2 fully saturated rings.